The van der Waals surface area contributed by atoms with Gasteiger partial charge in [0.2, 0.25) is 11.8 Å². The van der Waals surface area contributed by atoms with E-state index in [2.05, 4.69) is 15.8 Å². The van der Waals surface area contributed by atoms with Gasteiger partial charge < -0.3 is 19.9 Å². The highest BCUT2D eigenvalue weighted by Gasteiger charge is 2.16. The Balaban J connectivity index is 1.94. The first-order valence-electron chi connectivity index (χ1n) is 8.69. The molecule has 1 heterocycles. The average molecular weight is 374 g/mol. The monoisotopic (exact) mass is 374 g/mol. The minimum atomic E-state index is -0.279. The summed E-state index contributed by atoms with van der Waals surface area (Å²) in [6.07, 6.45) is 0. The molecule has 8 nitrogen and oxygen atoms in total. The third-order valence-corrected chi connectivity index (χ3v) is 4.12. The summed E-state index contributed by atoms with van der Waals surface area (Å²) in [5.41, 5.74) is 2.90. The van der Waals surface area contributed by atoms with Crippen LogP contribution < -0.4 is 10.6 Å². The lowest BCUT2D eigenvalue weighted by molar-refractivity contribution is -0.120. The molecule has 27 heavy (non-hydrogen) atoms. The van der Waals surface area contributed by atoms with Crippen LogP contribution >= 0.6 is 0 Å². The van der Waals surface area contributed by atoms with Crippen LogP contribution in [0.5, 0.6) is 0 Å². The first-order chi connectivity index (χ1) is 12.9. The quantitative estimate of drug-likeness (QED) is 0.698. The Labute approximate surface area is 158 Å². The summed E-state index contributed by atoms with van der Waals surface area (Å²) in [5, 5.41) is 9.29. The summed E-state index contributed by atoms with van der Waals surface area (Å²) in [7, 11) is 1.58. The molecule has 2 rings (SSSR count). The number of nitrogens with zero attached hydrogens (tertiary/aromatic N) is 2. The highest BCUT2D eigenvalue weighted by Crippen LogP contribution is 2.17. The first kappa shape index (κ1) is 20.6. The van der Waals surface area contributed by atoms with Gasteiger partial charge in [0, 0.05) is 25.4 Å². The summed E-state index contributed by atoms with van der Waals surface area (Å²) in [6.45, 7) is 6.66. The molecule has 2 aromatic rings. The second kappa shape index (κ2) is 9.84. The van der Waals surface area contributed by atoms with Crippen LogP contribution in [-0.2, 0) is 14.3 Å². The lowest BCUT2D eigenvalue weighted by atomic mass is 10.1. The van der Waals surface area contributed by atoms with E-state index < -0.39 is 0 Å². The minimum Gasteiger partial charge on any atom is -0.383 e. The van der Waals surface area contributed by atoms with Crippen molar-refractivity contribution in [1.82, 2.24) is 10.1 Å². The van der Waals surface area contributed by atoms with Gasteiger partial charge in [0.25, 0.3) is 0 Å². The van der Waals surface area contributed by atoms with E-state index >= 15 is 0 Å². The number of hydrogen-bond acceptors (Lipinski definition) is 6. The van der Waals surface area contributed by atoms with Crippen molar-refractivity contribution in [3.05, 3.63) is 41.2 Å². The van der Waals surface area contributed by atoms with Gasteiger partial charge >= 0.3 is 0 Å². The Hall–Kier alpha value is -2.71. The van der Waals surface area contributed by atoms with Gasteiger partial charge in [-0.1, -0.05) is 17.3 Å². The fourth-order valence-electron chi connectivity index (χ4n) is 2.52. The third kappa shape index (κ3) is 6.50. The molecule has 0 saturated carbocycles. The van der Waals surface area contributed by atoms with E-state index in [1.165, 1.54) is 0 Å². The summed E-state index contributed by atoms with van der Waals surface area (Å²) in [6, 6.07) is 7.38. The van der Waals surface area contributed by atoms with Crippen molar-refractivity contribution in [2.75, 3.05) is 44.0 Å². The van der Waals surface area contributed by atoms with Crippen molar-refractivity contribution in [2.24, 2.45) is 0 Å². The zero-order chi connectivity index (χ0) is 19.8. The molecule has 146 valence electrons. The van der Waals surface area contributed by atoms with Crippen LogP contribution in [0.3, 0.4) is 0 Å². The Kier molecular flexibility index (Phi) is 7.51. The number of carbonyl (C=O) groups is 2. The molecule has 2 N–H and O–H groups in total. The zero-order valence-electron chi connectivity index (χ0n) is 16.2. The fourth-order valence-corrected chi connectivity index (χ4v) is 2.52. The van der Waals surface area contributed by atoms with Crippen LogP contribution in [0, 0.1) is 20.8 Å². The molecule has 0 radical (unpaired) electrons. The largest absolute Gasteiger partial charge is 0.383 e. The molecule has 0 fully saturated rings. The van der Waals surface area contributed by atoms with Crippen LogP contribution in [-0.4, -0.2) is 55.2 Å². The van der Waals surface area contributed by atoms with Gasteiger partial charge in [0.1, 0.15) is 5.76 Å². The number of nitrogens with one attached hydrogen (secondary N) is 2. The van der Waals surface area contributed by atoms with Crippen molar-refractivity contribution in [3.8, 4) is 0 Å². The average Bonchev–Trinajstić information content (AvgIpc) is 3.01. The van der Waals surface area contributed by atoms with Gasteiger partial charge in [-0.2, -0.15) is 0 Å². The van der Waals surface area contributed by atoms with Crippen molar-refractivity contribution in [2.45, 2.75) is 20.8 Å². The van der Waals surface area contributed by atoms with Crippen LogP contribution in [0.15, 0.2) is 28.8 Å². The van der Waals surface area contributed by atoms with Crippen LogP contribution in [0.4, 0.5) is 11.5 Å². The van der Waals surface area contributed by atoms with Gasteiger partial charge in [-0.15, -0.1) is 0 Å². The molecule has 1 aromatic heterocycles. The van der Waals surface area contributed by atoms with E-state index in [1.54, 1.807) is 25.0 Å². The zero-order valence-corrected chi connectivity index (χ0v) is 16.2. The molecular weight excluding hydrogens is 348 g/mol. The lowest BCUT2D eigenvalue weighted by Gasteiger charge is -2.21. The summed E-state index contributed by atoms with van der Waals surface area (Å²) in [4.78, 5) is 26.4. The number of carbonyl (C=O) groups excluding carboxylic acids is 2. The molecule has 1 aromatic carbocycles. The van der Waals surface area contributed by atoms with Gasteiger partial charge in [0.15, 0.2) is 5.82 Å². The number of benzene rings is 1. The number of hydrogen-bond donors (Lipinski definition) is 2. The maximum atomic E-state index is 12.4. The predicted octanol–water partition coefficient (Wildman–Crippen LogP) is 2.13. The molecule has 0 aliphatic rings. The topological polar surface area (TPSA) is 96.7 Å². The molecule has 2 amide bonds. The Bertz CT molecular complexity index is 788. The van der Waals surface area contributed by atoms with Crippen LogP contribution in [0.2, 0.25) is 0 Å². The van der Waals surface area contributed by atoms with Crippen molar-refractivity contribution in [1.29, 1.82) is 0 Å². The highest BCUT2D eigenvalue weighted by molar-refractivity contribution is 5.94. The number of methoxy groups -OCH3 is 1. The molecule has 0 aliphatic heterocycles. The SMILES string of the molecule is COCCN(CC(=O)Nc1cc(C)on1)CC(=O)Nc1cccc(C)c1C. The van der Waals surface area contributed by atoms with E-state index in [0.29, 0.717) is 24.7 Å². The molecular formula is C19H26N4O4. The van der Waals surface area contributed by atoms with Crippen molar-refractivity contribution >= 4 is 23.3 Å². The van der Waals surface area contributed by atoms with E-state index in [4.69, 9.17) is 9.26 Å². The third-order valence-electron chi connectivity index (χ3n) is 4.12. The van der Waals surface area contributed by atoms with E-state index in [-0.39, 0.29) is 24.9 Å². The predicted molar refractivity (Wildman–Crippen MR) is 103 cm³/mol. The summed E-state index contributed by atoms with van der Waals surface area (Å²) >= 11 is 0. The molecule has 8 heteroatoms. The van der Waals surface area contributed by atoms with Crippen molar-refractivity contribution in [3.63, 3.8) is 0 Å². The Morgan fingerprint density at radius 3 is 2.48 bits per heavy atom. The Morgan fingerprint density at radius 1 is 1.15 bits per heavy atom. The number of aromatic nitrogens is 1. The molecule has 0 unspecified atom stereocenters. The molecule has 0 aliphatic carbocycles. The van der Waals surface area contributed by atoms with Gasteiger partial charge in [-0.3, -0.25) is 14.5 Å². The molecule has 0 atom stereocenters. The lowest BCUT2D eigenvalue weighted by Crippen LogP contribution is -2.40. The number of ether oxygens (including phenoxy) is 1. The van der Waals surface area contributed by atoms with Gasteiger partial charge in [-0.05, 0) is 38.0 Å². The highest BCUT2D eigenvalue weighted by atomic mass is 16.5. The first-order valence-corrected chi connectivity index (χ1v) is 8.69. The molecule has 0 spiro atoms. The second-order valence-corrected chi connectivity index (χ2v) is 6.37. The van der Waals surface area contributed by atoms with E-state index in [9.17, 15) is 9.59 Å². The number of anilines is 2. The minimum absolute atomic E-state index is 0.0372. The maximum absolute atomic E-state index is 12.4. The summed E-state index contributed by atoms with van der Waals surface area (Å²) in [5.74, 6) is 0.488. The van der Waals surface area contributed by atoms with Crippen LogP contribution in [0.1, 0.15) is 16.9 Å². The van der Waals surface area contributed by atoms with E-state index in [0.717, 1.165) is 16.8 Å². The standard InChI is InChI=1S/C19H26N4O4/c1-13-6-5-7-16(15(13)3)20-18(24)11-23(8-9-26-4)12-19(25)21-17-10-14(2)27-22-17/h5-7,10H,8-9,11-12H2,1-4H3,(H,20,24)(H,21,22,25). The van der Waals surface area contributed by atoms with Gasteiger partial charge in [-0.25, -0.2) is 0 Å². The smallest absolute Gasteiger partial charge is 0.239 e. The summed E-state index contributed by atoms with van der Waals surface area (Å²) < 4.78 is 10.0. The normalized spacial score (nSPS) is 10.9. The molecule has 0 saturated heterocycles. The van der Waals surface area contributed by atoms with Gasteiger partial charge in [0.05, 0.1) is 19.7 Å². The number of amides is 2. The second-order valence-electron chi connectivity index (χ2n) is 6.37. The molecule has 0 bridgehead atoms. The number of aryl methyl sites for hydroxylation is 2. The van der Waals surface area contributed by atoms with E-state index in [1.807, 2.05) is 32.0 Å². The van der Waals surface area contributed by atoms with Crippen LogP contribution in [0.25, 0.3) is 0 Å². The number of rotatable bonds is 9. The Morgan fingerprint density at radius 2 is 1.85 bits per heavy atom. The maximum Gasteiger partial charge on any atom is 0.239 e. The van der Waals surface area contributed by atoms with Crippen molar-refractivity contribution < 1.29 is 18.8 Å². The fraction of sp³-hybridized carbons (Fsp3) is 0.421.